The summed E-state index contributed by atoms with van der Waals surface area (Å²) < 4.78 is 28.8. The lowest BCUT2D eigenvalue weighted by Crippen LogP contribution is -2.22. The maximum absolute atomic E-state index is 12.9. The van der Waals surface area contributed by atoms with Gasteiger partial charge in [-0.05, 0) is 36.5 Å². The molecule has 1 saturated heterocycles. The predicted octanol–water partition coefficient (Wildman–Crippen LogP) is 3.25. The first kappa shape index (κ1) is 20.1. The van der Waals surface area contributed by atoms with Gasteiger partial charge in [-0.1, -0.05) is 18.2 Å². The zero-order valence-corrected chi connectivity index (χ0v) is 17.2. The highest BCUT2D eigenvalue weighted by Gasteiger charge is 2.22. The van der Waals surface area contributed by atoms with Gasteiger partial charge < -0.3 is 4.74 Å². The molecule has 1 aromatic heterocycles. The Morgan fingerprint density at radius 1 is 1.37 bits per heavy atom. The van der Waals surface area contributed by atoms with Gasteiger partial charge in [0.1, 0.15) is 5.44 Å². The number of rotatable bonds is 5. The number of carbonyl (C=O) groups is 1. The summed E-state index contributed by atoms with van der Waals surface area (Å²) in [4.78, 5) is 17.2. The number of nitrogens with zero attached hydrogens (tertiary/aromatic N) is 1. The Kier molecular flexibility index (Phi) is 6.36. The molecule has 1 aliphatic rings. The van der Waals surface area contributed by atoms with Crippen LogP contribution in [0, 0.1) is 5.92 Å². The van der Waals surface area contributed by atoms with E-state index in [0.29, 0.717) is 29.3 Å². The third kappa shape index (κ3) is 5.41. The van der Waals surface area contributed by atoms with Crippen molar-refractivity contribution in [2.24, 2.45) is 5.92 Å². The highest BCUT2D eigenvalue weighted by atomic mass is 32.2. The summed E-state index contributed by atoms with van der Waals surface area (Å²) in [5.74, 6) is -0.132. The van der Waals surface area contributed by atoms with Crippen molar-refractivity contribution in [3.63, 3.8) is 0 Å². The van der Waals surface area contributed by atoms with Crippen LogP contribution in [-0.2, 0) is 19.4 Å². The maximum atomic E-state index is 12.9. The van der Waals surface area contributed by atoms with E-state index in [-0.39, 0.29) is 22.2 Å². The third-order valence-electron chi connectivity index (χ3n) is 4.20. The average Bonchev–Trinajstić information content (AvgIpc) is 3.12. The number of ether oxygens (including phenoxy) is 1. The molecular formula is C18H20N2O4S3. The second kappa shape index (κ2) is 8.55. The molecule has 6 nitrogen and oxygen atoms in total. The van der Waals surface area contributed by atoms with Gasteiger partial charge >= 0.3 is 0 Å². The van der Waals surface area contributed by atoms with Crippen LogP contribution in [-0.4, -0.2) is 37.6 Å². The molecule has 9 heteroatoms. The van der Waals surface area contributed by atoms with Crippen molar-refractivity contribution in [2.75, 3.05) is 18.2 Å². The zero-order valence-electron chi connectivity index (χ0n) is 14.7. The molecular weight excluding hydrogens is 404 g/mol. The van der Waals surface area contributed by atoms with Crippen LogP contribution < -0.4 is 5.32 Å². The largest absolute Gasteiger partial charge is 0.368 e. The number of thiol groups is 1. The van der Waals surface area contributed by atoms with E-state index in [1.165, 1.54) is 23.5 Å². The summed E-state index contributed by atoms with van der Waals surface area (Å²) in [6, 6.07) is 6.34. The van der Waals surface area contributed by atoms with Crippen molar-refractivity contribution in [1.82, 2.24) is 4.98 Å². The second-order valence-electron chi connectivity index (χ2n) is 6.28. The lowest BCUT2D eigenvalue weighted by molar-refractivity contribution is -0.111. The van der Waals surface area contributed by atoms with Crippen LogP contribution in [0.3, 0.4) is 0 Å². The fourth-order valence-corrected chi connectivity index (χ4v) is 4.35. The lowest BCUT2D eigenvalue weighted by Gasteiger charge is -2.25. The minimum Gasteiger partial charge on any atom is -0.368 e. The minimum atomic E-state index is -3.30. The van der Waals surface area contributed by atoms with Gasteiger partial charge in [-0.15, -0.1) is 24.0 Å². The quantitative estimate of drug-likeness (QED) is 0.568. The highest BCUT2D eigenvalue weighted by Crippen LogP contribution is 2.28. The number of carbonyl (C=O) groups excluding carboxylic acids is 1. The van der Waals surface area contributed by atoms with Gasteiger partial charge in [0.25, 0.3) is 5.91 Å². The average molecular weight is 425 g/mol. The summed E-state index contributed by atoms with van der Waals surface area (Å²) in [6.45, 7) is 0.587. The fraction of sp³-hybridized carbons (Fsp3) is 0.333. The Morgan fingerprint density at radius 3 is 2.70 bits per heavy atom. The SMILES string of the molecule is CS(=O)(=O)c1ccc(/C(=C\C2CCOC(S)C2)C(=O)Nc2nccs2)cc1. The Morgan fingerprint density at radius 2 is 2.11 bits per heavy atom. The maximum Gasteiger partial charge on any atom is 0.257 e. The molecule has 0 saturated carbocycles. The molecule has 27 heavy (non-hydrogen) atoms. The van der Waals surface area contributed by atoms with Crippen molar-refractivity contribution < 1.29 is 17.9 Å². The second-order valence-corrected chi connectivity index (χ2v) is 9.76. The number of aromatic nitrogens is 1. The van der Waals surface area contributed by atoms with Crippen LogP contribution in [0.4, 0.5) is 5.13 Å². The molecule has 1 N–H and O–H groups in total. The van der Waals surface area contributed by atoms with Crippen molar-refractivity contribution in [3.05, 3.63) is 47.5 Å². The number of thiazole rings is 1. The van der Waals surface area contributed by atoms with Gasteiger partial charge in [0, 0.05) is 30.0 Å². The topological polar surface area (TPSA) is 85.4 Å². The summed E-state index contributed by atoms with van der Waals surface area (Å²) in [5, 5.41) is 5.09. The molecule has 1 fully saturated rings. The van der Waals surface area contributed by atoms with E-state index in [1.807, 2.05) is 6.08 Å². The summed E-state index contributed by atoms with van der Waals surface area (Å²) in [6.07, 6.45) is 6.20. The number of nitrogens with one attached hydrogen (secondary N) is 1. The molecule has 0 spiro atoms. The molecule has 1 aromatic carbocycles. The van der Waals surface area contributed by atoms with Gasteiger partial charge in [0.15, 0.2) is 15.0 Å². The summed E-state index contributed by atoms with van der Waals surface area (Å²) in [5.41, 5.74) is 0.979. The third-order valence-corrected chi connectivity index (χ3v) is 6.37. The van der Waals surface area contributed by atoms with E-state index in [4.69, 9.17) is 4.74 Å². The monoisotopic (exact) mass is 424 g/mol. The van der Waals surface area contributed by atoms with Crippen LogP contribution in [0.5, 0.6) is 0 Å². The molecule has 144 valence electrons. The van der Waals surface area contributed by atoms with E-state index >= 15 is 0 Å². The van der Waals surface area contributed by atoms with E-state index in [9.17, 15) is 13.2 Å². The Balaban J connectivity index is 1.92. The number of sulfone groups is 1. The number of anilines is 1. The zero-order chi connectivity index (χ0) is 19.4. The van der Waals surface area contributed by atoms with Crippen molar-refractivity contribution in [1.29, 1.82) is 0 Å². The molecule has 1 aliphatic heterocycles. The first-order valence-electron chi connectivity index (χ1n) is 8.36. The van der Waals surface area contributed by atoms with Crippen LogP contribution >= 0.6 is 24.0 Å². The van der Waals surface area contributed by atoms with Crippen molar-refractivity contribution >= 4 is 50.4 Å². The van der Waals surface area contributed by atoms with E-state index in [1.54, 1.807) is 23.7 Å². The lowest BCUT2D eigenvalue weighted by atomic mass is 9.94. The van der Waals surface area contributed by atoms with E-state index in [0.717, 1.165) is 12.7 Å². The molecule has 2 unspecified atom stereocenters. The smallest absolute Gasteiger partial charge is 0.257 e. The Labute approximate surface area is 168 Å². The van der Waals surface area contributed by atoms with Gasteiger partial charge in [-0.2, -0.15) is 0 Å². The molecule has 0 radical (unpaired) electrons. The van der Waals surface area contributed by atoms with E-state index < -0.39 is 9.84 Å². The number of amides is 1. The molecule has 3 rings (SSSR count). The first-order chi connectivity index (χ1) is 12.8. The molecule has 2 atom stereocenters. The van der Waals surface area contributed by atoms with Crippen molar-refractivity contribution in [2.45, 2.75) is 23.2 Å². The van der Waals surface area contributed by atoms with Gasteiger partial charge in [0.05, 0.1) is 4.90 Å². The van der Waals surface area contributed by atoms with Gasteiger partial charge in [0.2, 0.25) is 0 Å². The normalized spacial score (nSPS) is 21.0. The highest BCUT2D eigenvalue weighted by molar-refractivity contribution is 7.90. The number of hydrogen-bond donors (Lipinski definition) is 2. The molecule has 0 bridgehead atoms. The molecule has 1 amide bonds. The predicted molar refractivity (Wildman–Crippen MR) is 110 cm³/mol. The molecule has 2 aromatic rings. The van der Waals surface area contributed by atoms with Gasteiger partial charge in [-0.3, -0.25) is 10.1 Å². The van der Waals surface area contributed by atoms with E-state index in [2.05, 4.69) is 22.9 Å². The molecule has 2 heterocycles. The van der Waals surface area contributed by atoms with Crippen LogP contribution in [0.1, 0.15) is 18.4 Å². The Bertz CT molecular complexity index is 922. The van der Waals surface area contributed by atoms with Crippen LogP contribution in [0.25, 0.3) is 5.57 Å². The Hall–Kier alpha value is -1.68. The minimum absolute atomic E-state index is 0.146. The summed E-state index contributed by atoms with van der Waals surface area (Å²) >= 11 is 5.71. The fourth-order valence-electron chi connectivity index (χ4n) is 2.82. The number of benzene rings is 1. The first-order valence-corrected chi connectivity index (χ1v) is 11.6. The van der Waals surface area contributed by atoms with Crippen LogP contribution in [0.15, 0.2) is 46.8 Å². The molecule has 0 aliphatic carbocycles. The van der Waals surface area contributed by atoms with Gasteiger partial charge in [-0.25, -0.2) is 13.4 Å². The number of allylic oxidation sites excluding steroid dienone is 1. The van der Waals surface area contributed by atoms with Crippen molar-refractivity contribution in [3.8, 4) is 0 Å². The number of hydrogen-bond acceptors (Lipinski definition) is 7. The van der Waals surface area contributed by atoms with Crippen LogP contribution in [0.2, 0.25) is 0 Å². The standard InChI is InChI=1S/C18H20N2O4S3/c1-27(22,23)14-4-2-13(3-5-14)15(10-12-6-8-24-16(25)11-12)17(21)20-18-19-7-9-26-18/h2-5,7,9-10,12,16,25H,6,8,11H2,1H3,(H,19,20,21)/b15-10+. The summed E-state index contributed by atoms with van der Waals surface area (Å²) in [7, 11) is -3.30.